The second-order valence-electron chi connectivity index (χ2n) is 32.5. The zero-order valence-electron chi connectivity index (χ0n) is 73.1. The van der Waals surface area contributed by atoms with Gasteiger partial charge in [-0.15, -0.1) is 0 Å². The molecule has 18 amide bonds. The third-order valence-corrected chi connectivity index (χ3v) is 21.7. The molecule has 0 aromatic heterocycles. The maximum absolute atomic E-state index is 14.9. The van der Waals surface area contributed by atoms with E-state index >= 15 is 0 Å². The quantitative estimate of drug-likeness (QED) is 0.0269. The standard InChI is InChI=1S/C81H132N22O25/c1-43(2)38-55(97-70(116)50(28-31-64(109)110)92-73(119)57(41-105)98-65(111)44(3)85)80(126)103-37-15-23-59(103)75(121)89-46(5)67(113)99-58(42-106)74(120)93-51(26-29-62(86)107)78(124)101-35-16-24-60(101)76(122)94-52(27-30-63(87)108)79(125)102-36-17-25-61(102)77(123)96-54(39-47-18-7-6-8-19-47)71(117)100-56(40-104)72(118)88-45(4)66(112)90-48(20-9-12-32-82)68(114)91-49(21-10-13-33-83)69(115)95-53(81(127)128)22-11-14-34-84/h6-8,18-19,43-46,48-61,104-106H,9-17,20-42,82-85H2,1-5H3,(H2,86,107)(H2,87,108)(H,88,118)(H,89,121)(H,90,112)(H,91,114)(H,92,119)(H,93,120)(H,94,122)(H,95,115)(H,96,123)(H,97,116)(H,98,111)(H,99,113)(H,100,117)(H,109,110)(H,127,128)/t44-,45-,46-,48-,49-,50-,51-,52-,53-,54-,55-,56-,57-,58-,59-,60-,61-/m0/s1. The van der Waals surface area contributed by atoms with Gasteiger partial charge in [-0.2, -0.15) is 0 Å². The van der Waals surface area contributed by atoms with Crippen LogP contribution in [0.4, 0.5) is 0 Å². The molecule has 3 saturated heterocycles. The number of amides is 18. The Morgan fingerprint density at radius 2 is 0.672 bits per heavy atom. The average molecular weight is 1810 g/mol. The van der Waals surface area contributed by atoms with Gasteiger partial charge in [0.2, 0.25) is 106 Å². The first-order valence-corrected chi connectivity index (χ1v) is 43.3. The van der Waals surface area contributed by atoms with Gasteiger partial charge < -0.3 is 144 Å². The summed E-state index contributed by atoms with van der Waals surface area (Å²) in [6.07, 6.45) is -0.349. The van der Waals surface area contributed by atoms with Crippen molar-refractivity contribution in [3.05, 3.63) is 35.9 Å². The molecule has 47 nitrogen and oxygen atoms in total. The molecule has 1 aromatic carbocycles. The van der Waals surface area contributed by atoms with Crippen LogP contribution >= 0.6 is 0 Å². The van der Waals surface area contributed by atoms with Crippen molar-refractivity contribution in [1.29, 1.82) is 0 Å². The van der Waals surface area contributed by atoms with Crippen molar-refractivity contribution in [2.45, 2.75) is 285 Å². The van der Waals surface area contributed by atoms with Crippen LogP contribution in [-0.2, 0) is 102 Å². The highest BCUT2D eigenvalue weighted by Crippen LogP contribution is 2.26. The first-order chi connectivity index (χ1) is 60.6. The number of carbonyl (C=O) groups is 20. The van der Waals surface area contributed by atoms with Crippen LogP contribution in [0.2, 0.25) is 0 Å². The van der Waals surface area contributed by atoms with Gasteiger partial charge in [0, 0.05) is 45.3 Å². The molecule has 716 valence electrons. The summed E-state index contributed by atoms with van der Waals surface area (Å²) in [6.45, 7) is 4.53. The molecule has 0 aliphatic carbocycles. The number of nitrogens with one attached hydrogen (secondary N) is 13. The van der Waals surface area contributed by atoms with Crippen molar-refractivity contribution in [2.24, 2.45) is 40.3 Å². The number of nitrogens with zero attached hydrogens (tertiary/aromatic N) is 3. The zero-order chi connectivity index (χ0) is 95.6. The Labute approximate surface area is 740 Å². The third-order valence-electron chi connectivity index (χ3n) is 21.7. The van der Waals surface area contributed by atoms with Gasteiger partial charge in [0.05, 0.1) is 25.9 Å². The summed E-state index contributed by atoms with van der Waals surface area (Å²) in [7, 11) is 0. The fourth-order valence-corrected chi connectivity index (χ4v) is 14.6. The topological polar surface area (TPSA) is 765 Å². The predicted molar refractivity (Wildman–Crippen MR) is 455 cm³/mol. The monoisotopic (exact) mass is 1810 g/mol. The molecule has 0 radical (unpaired) electrons. The van der Waals surface area contributed by atoms with Crippen molar-refractivity contribution in [2.75, 3.05) is 59.1 Å². The Kier molecular flexibility index (Phi) is 47.4. The fraction of sp³-hybridized carbons (Fsp3) is 0.679. The highest BCUT2D eigenvalue weighted by molar-refractivity contribution is 6.02. The van der Waals surface area contributed by atoms with Gasteiger partial charge in [-0.25, -0.2) is 4.79 Å². The fourth-order valence-electron chi connectivity index (χ4n) is 14.6. The molecule has 3 aliphatic rings. The summed E-state index contributed by atoms with van der Waals surface area (Å²) in [4.78, 5) is 276. The van der Waals surface area contributed by atoms with E-state index in [1.54, 1.807) is 44.2 Å². The molecule has 1 aromatic rings. The molecule has 0 saturated carbocycles. The van der Waals surface area contributed by atoms with E-state index in [-0.39, 0.29) is 109 Å². The number of aliphatic hydroxyl groups is 3. The molecule has 0 spiro atoms. The van der Waals surface area contributed by atoms with E-state index in [1.165, 1.54) is 20.8 Å². The van der Waals surface area contributed by atoms with Crippen LogP contribution in [-0.4, -0.2) is 320 Å². The van der Waals surface area contributed by atoms with Gasteiger partial charge in [-0.1, -0.05) is 44.2 Å². The van der Waals surface area contributed by atoms with E-state index in [0.717, 1.165) is 14.7 Å². The number of aliphatic carboxylic acids is 2. The van der Waals surface area contributed by atoms with Crippen molar-refractivity contribution in [1.82, 2.24) is 83.8 Å². The van der Waals surface area contributed by atoms with Crippen LogP contribution in [0.5, 0.6) is 0 Å². The number of carboxylic acid groups (broad SMARTS) is 2. The smallest absolute Gasteiger partial charge is 0.326 e. The number of nitrogens with two attached hydrogens (primary N) is 6. The number of hydrogen-bond donors (Lipinski definition) is 24. The SMILES string of the molecule is CC(C)C[C@H](NC(=O)[C@H](CCC(=O)O)NC(=O)[C@H](CO)NC(=O)[C@H](C)N)C(=O)N1CCC[C@H]1C(=O)N[C@@H](C)C(=O)N[C@@H](CO)C(=O)N[C@@H](CCC(N)=O)C(=O)N1CCC[C@H]1C(=O)N[C@@H](CCC(N)=O)C(=O)N1CCC[C@H]1C(=O)N[C@@H](Cc1ccccc1)C(=O)N[C@@H](CO)C(=O)N[C@@H](C)C(=O)N[C@@H](CCCCN)C(=O)N[C@@H](CCCCN)C(=O)N[C@@H](CCCCN)C(=O)O. The molecule has 47 heteroatoms. The summed E-state index contributed by atoms with van der Waals surface area (Å²) in [6, 6.07) is -17.0. The lowest BCUT2D eigenvalue weighted by molar-refractivity contribution is -0.145. The van der Waals surface area contributed by atoms with Crippen LogP contribution in [0.3, 0.4) is 0 Å². The molecule has 4 rings (SSSR count). The number of hydrogen-bond acceptors (Lipinski definition) is 27. The molecule has 3 fully saturated rings. The van der Waals surface area contributed by atoms with Gasteiger partial charge in [0.15, 0.2) is 0 Å². The average Bonchev–Trinajstić information content (AvgIpc) is 1.60. The zero-order valence-corrected chi connectivity index (χ0v) is 73.1. The maximum atomic E-state index is 14.9. The van der Waals surface area contributed by atoms with Gasteiger partial charge in [0.25, 0.3) is 0 Å². The molecule has 3 aliphatic heterocycles. The van der Waals surface area contributed by atoms with Crippen LogP contribution in [0.1, 0.15) is 181 Å². The lowest BCUT2D eigenvalue weighted by atomic mass is 10.0. The molecular weight excluding hydrogens is 1680 g/mol. The lowest BCUT2D eigenvalue weighted by Crippen LogP contribution is -2.61. The summed E-state index contributed by atoms with van der Waals surface area (Å²) >= 11 is 0. The third kappa shape index (κ3) is 35.9. The number of unbranched alkanes of at least 4 members (excludes halogenated alkanes) is 3. The largest absolute Gasteiger partial charge is 0.481 e. The number of carboxylic acids is 2. The minimum absolute atomic E-state index is 0.00424. The number of aliphatic hydroxyl groups excluding tert-OH is 3. The van der Waals surface area contributed by atoms with E-state index < -0.39 is 279 Å². The number of benzene rings is 1. The van der Waals surface area contributed by atoms with Gasteiger partial charge in [0.1, 0.15) is 96.7 Å². The van der Waals surface area contributed by atoms with E-state index in [1.807, 2.05) is 0 Å². The number of carbonyl (C=O) groups excluding carboxylic acids is 18. The summed E-state index contributed by atoms with van der Waals surface area (Å²) in [5.41, 5.74) is 34.1. The minimum Gasteiger partial charge on any atom is -0.481 e. The highest BCUT2D eigenvalue weighted by Gasteiger charge is 2.45. The molecule has 17 atom stereocenters. The van der Waals surface area contributed by atoms with Crippen molar-refractivity contribution in [3.63, 3.8) is 0 Å². The Bertz CT molecular complexity index is 3980. The summed E-state index contributed by atoms with van der Waals surface area (Å²) < 4.78 is 0. The summed E-state index contributed by atoms with van der Waals surface area (Å²) in [5, 5.41) is 82.2. The predicted octanol–water partition coefficient (Wildman–Crippen LogP) is -9.22. The molecule has 0 bridgehead atoms. The second kappa shape index (κ2) is 55.8. The van der Waals surface area contributed by atoms with Crippen molar-refractivity contribution in [3.8, 4) is 0 Å². The van der Waals surface area contributed by atoms with Gasteiger partial charge in [-0.3, -0.25) is 91.1 Å². The highest BCUT2D eigenvalue weighted by atomic mass is 16.4. The molecule has 128 heavy (non-hydrogen) atoms. The molecule has 30 N–H and O–H groups in total. The van der Waals surface area contributed by atoms with Gasteiger partial charge >= 0.3 is 11.9 Å². The molecule has 3 heterocycles. The second-order valence-corrected chi connectivity index (χ2v) is 32.5. The normalized spacial score (nSPS) is 18.1. The van der Waals surface area contributed by atoms with E-state index in [2.05, 4.69) is 69.1 Å². The minimum atomic E-state index is -1.87. The molecular formula is C81H132N22O25. The Morgan fingerprint density at radius 1 is 0.359 bits per heavy atom. The maximum Gasteiger partial charge on any atom is 0.326 e. The van der Waals surface area contributed by atoms with Crippen molar-refractivity contribution >= 4 is 118 Å². The van der Waals surface area contributed by atoms with Crippen LogP contribution < -0.4 is 104 Å². The summed E-state index contributed by atoms with van der Waals surface area (Å²) in [5.74, 6) is -20.1. The number of primary amides is 2. The van der Waals surface area contributed by atoms with Crippen LogP contribution in [0.15, 0.2) is 30.3 Å². The lowest BCUT2D eigenvalue weighted by Gasteiger charge is -2.32. The number of likely N-dealkylation sites (tertiary alicyclic amines) is 3. The first kappa shape index (κ1) is 109. The molecule has 0 unspecified atom stereocenters. The van der Waals surface area contributed by atoms with Crippen LogP contribution in [0.25, 0.3) is 0 Å². The van der Waals surface area contributed by atoms with E-state index in [9.17, 15) is 121 Å². The van der Waals surface area contributed by atoms with Crippen molar-refractivity contribution < 1.29 is 121 Å². The Morgan fingerprint density at radius 3 is 1.07 bits per heavy atom. The number of rotatable bonds is 58. The Balaban J connectivity index is 1.49. The Hall–Kier alpha value is -11.7. The van der Waals surface area contributed by atoms with E-state index in [4.69, 9.17) is 34.4 Å². The van der Waals surface area contributed by atoms with Crippen LogP contribution in [0, 0.1) is 5.92 Å². The first-order valence-electron chi connectivity index (χ1n) is 43.3. The van der Waals surface area contributed by atoms with Gasteiger partial charge in [-0.05, 0) is 174 Å². The van der Waals surface area contributed by atoms with E-state index in [0.29, 0.717) is 50.6 Å².